The van der Waals surface area contributed by atoms with E-state index in [1.165, 1.54) is 12.8 Å². The maximum atomic E-state index is 5.00. The van der Waals surface area contributed by atoms with Crippen LogP contribution in [0.1, 0.15) is 49.8 Å². The van der Waals surface area contributed by atoms with Crippen LogP contribution >= 0.6 is 0 Å². The average Bonchev–Trinajstić information content (AvgIpc) is 2.78. The number of nitrogens with zero attached hydrogens (tertiary/aromatic N) is 1. The maximum Gasteiger partial charge on any atom is 0.133 e. The lowest BCUT2D eigenvalue weighted by molar-refractivity contribution is 0.337. The maximum absolute atomic E-state index is 5.00. The molecule has 0 spiro atoms. The molecule has 3 rings (SSSR count). The highest BCUT2D eigenvalue weighted by Gasteiger charge is 2.18. The Bertz CT molecular complexity index is 702. The standard InChI is InChI=1S/C21H27N3/c1-15(2)18-6-4-7-20-19(18)8-5-11-23-21(20)24-16(3)14-17-9-12-22-13-10-17/h4,6-8,11,16-17,22H,1,9-10,12-14H2,2-3H3,(H,23,24)/t16-/m0/s1. The van der Waals surface area contributed by atoms with Gasteiger partial charge in [-0.05, 0) is 63.8 Å². The van der Waals surface area contributed by atoms with Gasteiger partial charge in [0, 0.05) is 23.4 Å². The summed E-state index contributed by atoms with van der Waals surface area (Å²) in [4.78, 5) is 5.00. The van der Waals surface area contributed by atoms with Crippen molar-refractivity contribution in [3.8, 4) is 0 Å². The normalized spacial score (nSPS) is 20.3. The number of piperidine rings is 1. The minimum Gasteiger partial charge on any atom is -0.340 e. The van der Waals surface area contributed by atoms with Crippen LogP contribution in [-0.4, -0.2) is 25.0 Å². The smallest absolute Gasteiger partial charge is 0.133 e. The molecule has 1 atom stereocenters. The Morgan fingerprint density at radius 3 is 2.92 bits per heavy atom. The van der Waals surface area contributed by atoms with Crippen molar-refractivity contribution >= 4 is 17.5 Å². The number of rotatable bonds is 4. The number of benzene rings is 1. The molecule has 2 heterocycles. The number of hydrogen-bond acceptors (Lipinski definition) is 2. The van der Waals surface area contributed by atoms with E-state index in [0.29, 0.717) is 6.04 Å². The van der Waals surface area contributed by atoms with Crippen molar-refractivity contribution in [3.05, 3.63) is 53.4 Å². The van der Waals surface area contributed by atoms with E-state index in [1.54, 1.807) is 0 Å². The van der Waals surface area contributed by atoms with Crippen molar-refractivity contribution in [3.63, 3.8) is 0 Å². The first-order chi connectivity index (χ1) is 11.6. The predicted octanol–water partition coefficient (Wildman–Crippen LogP) is 3.97. The second-order valence-electron chi connectivity index (χ2n) is 6.90. The van der Waals surface area contributed by atoms with Crippen LogP contribution in [0.5, 0.6) is 0 Å². The molecule has 126 valence electrons. The molecule has 1 saturated heterocycles. The Balaban J connectivity index is 1.86. The van der Waals surface area contributed by atoms with Gasteiger partial charge in [0.15, 0.2) is 0 Å². The molecule has 3 nitrogen and oxygen atoms in total. The zero-order valence-electron chi connectivity index (χ0n) is 14.7. The number of fused-ring (bicyclic) bond motifs is 1. The number of aliphatic imine (C=N–C) groups is 1. The molecular weight excluding hydrogens is 294 g/mol. The molecule has 0 amide bonds. The molecule has 1 aromatic rings. The molecule has 24 heavy (non-hydrogen) atoms. The van der Waals surface area contributed by atoms with Gasteiger partial charge >= 0.3 is 0 Å². The Kier molecular flexibility index (Phi) is 5.34. The molecule has 0 aromatic heterocycles. The Hall–Kier alpha value is -2.09. The summed E-state index contributed by atoms with van der Waals surface area (Å²) in [5, 5.41) is 6.75. The fourth-order valence-corrected chi connectivity index (χ4v) is 3.59. The van der Waals surface area contributed by atoms with Crippen LogP contribution in [0.4, 0.5) is 0 Å². The summed E-state index contributed by atoms with van der Waals surface area (Å²) in [5.74, 6) is 1.72. The van der Waals surface area contributed by atoms with Gasteiger partial charge in [-0.15, -0.1) is 5.73 Å². The summed E-state index contributed by atoms with van der Waals surface area (Å²) < 4.78 is 0. The molecule has 0 aliphatic carbocycles. The van der Waals surface area contributed by atoms with Gasteiger partial charge in [-0.25, -0.2) is 0 Å². The van der Waals surface area contributed by atoms with E-state index in [2.05, 4.69) is 48.1 Å². The van der Waals surface area contributed by atoms with Crippen molar-refractivity contribution in [1.82, 2.24) is 10.6 Å². The first-order valence-electron chi connectivity index (χ1n) is 8.90. The van der Waals surface area contributed by atoms with E-state index >= 15 is 0 Å². The molecule has 0 bridgehead atoms. The van der Waals surface area contributed by atoms with E-state index in [9.17, 15) is 0 Å². The van der Waals surface area contributed by atoms with Crippen LogP contribution in [-0.2, 0) is 0 Å². The first-order valence-corrected chi connectivity index (χ1v) is 8.90. The number of amidine groups is 1. The highest BCUT2D eigenvalue weighted by molar-refractivity contribution is 6.04. The monoisotopic (exact) mass is 321 g/mol. The van der Waals surface area contributed by atoms with Gasteiger partial charge in [0.1, 0.15) is 5.84 Å². The summed E-state index contributed by atoms with van der Waals surface area (Å²) in [6.07, 6.45) is 7.55. The Morgan fingerprint density at radius 1 is 1.38 bits per heavy atom. The van der Waals surface area contributed by atoms with E-state index < -0.39 is 0 Å². The number of hydrogen-bond donors (Lipinski definition) is 2. The summed E-state index contributed by atoms with van der Waals surface area (Å²) in [6.45, 7) is 10.7. The zero-order valence-corrected chi connectivity index (χ0v) is 14.7. The largest absolute Gasteiger partial charge is 0.340 e. The van der Waals surface area contributed by atoms with Gasteiger partial charge in [-0.1, -0.05) is 30.4 Å². The Morgan fingerprint density at radius 2 is 2.17 bits per heavy atom. The second-order valence-corrected chi connectivity index (χ2v) is 6.90. The van der Waals surface area contributed by atoms with Gasteiger partial charge in [0.05, 0.1) is 0 Å². The molecule has 1 aromatic carbocycles. The third-order valence-electron chi connectivity index (χ3n) is 4.82. The van der Waals surface area contributed by atoms with E-state index in [0.717, 1.165) is 53.5 Å². The molecule has 2 N–H and O–H groups in total. The van der Waals surface area contributed by atoms with Crippen LogP contribution in [0, 0.1) is 5.92 Å². The lowest BCUT2D eigenvalue weighted by Crippen LogP contribution is -2.29. The summed E-state index contributed by atoms with van der Waals surface area (Å²) in [7, 11) is 0. The highest BCUT2D eigenvalue weighted by atomic mass is 15.0. The van der Waals surface area contributed by atoms with Crippen molar-refractivity contribution in [1.29, 1.82) is 0 Å². The third-order valence-corrected chi connectivity index (χ3v) is 4.82. The van der Waals surface area contributed by atoms with Crippen molar-refractivity contribution in [2.24, 2.45) is 10.9 Å². The fraction of sp³-hybridized carbons (Fsp3) is 0.429. The van der Waals surface area contributed by atoms with Crippen LogP contribution in [0.15, 0.2) is 41.7 Å². The van der Waals surface area contributed by atoms with Crippen LogP contribution in [0.2, 0.25) is 0 Å². The average molecular weight is 321 g/mol. The second kappa shape index (κ2) is 7.65. The number of allylic oxidation sites excluding steroid dienone is 1. The predicted molar refractivity (Wildman–Crippen MR) is 103 cm³/mol. The SMILES string of the molecule is C=C(C)c1cccc2c1C=C=CNC2=N[C@@H](C)CC1CCNCC1. The van der Waals surface area contributed by atoms with Crippen molar-refractivity contribution in [2.45, 2.75) is 39.2 Å². The van der Waals surface area contributed by atoms with Gasteiger partial charge in [0.2, 0.25) is 0 Å². The van der Waals surface area contributed by atoms with Crippen LogP contribution < -0.4 is 10.6 Å². The molecule has 0 radical (unpaired) electrons. The minimum absolute atomic E-state index is 0.309. The zero-order chi connectivity index (χ0) is 16.9. The Labute approximate surface area is 145 Å². The summed E-state index contributed by atoms with van der Waals surface area (Å²) in [6, 6.07) is 6.63. The van der Waals surface area contributed by atoms with Crippen LogP contribution in [0.25, 0.3) is 11.6 Å². The van der Waals surface area contributed by atoms with E-state index in [4.69, 9.17) is 4.99 Å². The fourth-order valence-electron chi connectivity index (χ4n) is 3.59. The summed E-state index contributed by atoms with van der Waals surface area (Å²) in [5.41, 5.74) is 7.70. The third kappa shape index (κ3) is 3.87. The molecule has 2 aliphatic rings. The first kappa shape index (κ1) is 16.8. The topological polar surface area (TPSA) is 36.4 Å². The molecule has 1 fully saturated rings. The van der Waals surface area contributed by atoms with E-state index in [1.807, 2.05) is 19.2 Å². The quantitative estimate of drug-likeness (QED) is 0.823. The molecule has 0 unspecified atom stereocenters. The minimum atomic E-state index is 0.309. The lowest BCUT2D eigenvalue weighted by atomic mass is 9.91. The van der Waals surface area contributed by atoms with Gasteiger partial charge in [0.25, 0.3) is 0 Å². The van der Waals surface area contributed by atoms with Crippen molar-refractivity contribution < 1.29 is 0 Å². The van der Waals surface area contributed by atoms with Crippen molar-refractivity contribution in [2.75, 3.05) is 13.1 Å². The van der Waals surface area contributed by atoms with E-state index in [-0.39, 0.29) is 0 Å². The lowest BCUT2D eigenvalue weighted by Gasteiger charge is -2.24. The molecule has 0 saturated carbocycles. The molecule has 3 heteroatoms. The summed E-state index contributed by atoms with van der Waals surface area (Å²) >= 11 is 0. The van der Waals surface area contributed by atoms with Gasteiger partial charge in [-0.2, -0.15) is 0 Å². The number of nitrogens with one attached hydrogen (secondary N) is 2. The molecular formula is C21H27N3. The highest BCUT2D eigenvalue weighted by Crippen LogP contribution is 2.25. The van der Waals surface area contributed by atoms with Crippen LogP contribution in [0.3, 0.4) is 0 Å². The van der Waals surface area contributed by atoms with Gasteiger partial charge < -0.3 is 10.6 Å². The molecule has 2 aliphatic heterocycles. The van der Waals surface area contributed by atoms with Gasteiger partial charge in [-0.3, -0.25) is 4.99 Å².